The molecule has 0 aliphatic rings. The Bertz CT molecular complexity index is 271. The van der Waals surface area contributed by atoms with Gasteiger partial charge in [-0.25, -0.2) is 0 Å². The van der Waals surface area contributed by atoms with Gasteiger partial charge in [-0.15, -0.1) is 6.04 Å². The van der Waals surface area contributed by atoms with Crippen molar-refractivity contribution in [3.63, 3.8) is 0 Å². The van der Waals surface area contributed by atoms with Gasteiger partial charge in [0.15, 0.2) is 0 Å². The van der Waals surface area contributed by atoms with E-state index in [4.69, 9.17) is 0 Å². The second kappa shape index (κ2) is 16.1. The molecule has 0 aromatic rings. The van der Waals surface area contributed by atoms with Gasteiger partial charge in [-0.05, 0) is 0 Å². The molecule has 0 saturated carbocycles. The van der Waals surface area contributed by atoms with Crippen molar-refractivity contribution in [1.29, 1.82) is 0 Å². The average molecular weight is 396 g/mol. The van der Waals surface area contributed by atoms with Gasteiger partial charge in [-0.2, -0.15) is 20.6 Å². The van der Waals surface area contributed by atoms with Crippen molar-refractivity contribution in [2.45, 2.75) is 92.3 Å². The monoisotopic (exact) mass is 398 g/mol. The Balaban J connectivity index is -0.000000330. The quantitative estimate of drug-likeness (QED) is 0.479. The van der Waals surface area contributed by atoms with Crippen LogP contribution in [0.4, 0.5) is 0 Å². The van der Waals surface area contributed by atoms with Crippen molar-refractivity contribution in [3.05, 3.63) is 10.6 Å². The van der Waals surface area contributed by atoms with Crippen LogP contribution in [0.3, 0.4) is 0 Å². The fourth-order valence-electron chi connectivity index (χ4n) is 0.371. The Labute approximate surface area is 148 Å². The van der Waals surface area contributed by atoms with Gasteiger partial charge >= 0.3 is 90.7 Å². The zero-order chi connectivity index (χ0) is 18.2. The van der Waals surface area contributed by atoms with Crippen LogP contribution in [0.15, 0.2) is 6.99 Å². The van der Waals surface area contributed by atoms with Crippen molar-refractivity contribution in [2.24, 2.45) is 6.99 Å². The molecular weight excluding hydrogens is 356 g/mol. The van der Waals surface area contributed by atoms with Crippen LogP contribution >= 0.6 is 0 Å². The van der Waals surface area contributed by atoms with E-state index in [1.165, 1.54) is 0 Å². The molecule has 0 N–H and O–H groups in total. The first-order valence-corrected chi connectivity index (χ1v) is 10.1. The van der Waals surface area contributed by atoms with Crippen molar-refractivity contribution < 1.29 is 18.2 Å². The molecule has 0 aromatic heterocycles. The van der Waals surface area contributed by atoms with Crippen molar-refractivity contribution in [2.75, 3.05) is 20.6 Å². The van der Waals surface area contributed by atoms with E-state index in [9.17, 15) is 0 Å². The van der Waals surface area contributed by atoms with E-state index >= 15 is 0 Å². The molecule has 0 fully saturated rings. The Kier molecular flexibility index (Phi) is 19.8. The third-order valence-electron chi connectivity index (χ3n) is 3.14. The first kappa shape index (κ1) is 27.1. The SMILES string of the molecule is CCC(C)(C)[N]=[Mo+2]=[N]C(C)(C)CC.CC[N-]C.C[N-]C(C)C. The molecule has 0 radical (unpaired) electrons. The predicted octanol–water partition coefficient (Wildman–Crippen LogP) is 6.22. The van der Waals surface area contributed by atoms with Gasteiger partial charge in [0.25, 0.3) is 0 Å². The maximum Gasteiger partial charge on any atom is -0.0818 e. The van der Waals surface area contributed by atoms with E-state index in [1.807, 2.05) is 14.0 Å². The zero-order valence-electron chi connectivity index (χ0n) is 16.9. The normalized spacial score (nSPS) is 10.7. The minimum Gasteiger partial charge on any atom is -0.665 e. The first-order chi connectivity index (χ1) is 10.0. The Hall–Kier alpha value is 0.208. The van der Waals surface area contributed by atoms with Gasteiger partial charge in [0.1, 0.15) is 0 Å². The molecule has 4 nitrogen and oxygen atoms in total. The fraction of sp³-hybridized carbons (Fsp3) is 1.00. The van der Waals surface area contributed by atoms with Crippen LogP contribution in [-0.2, 0) is 18.2 Å². The molecule has 22 heavy (non-hydrogen) atoms. The molecule has 0 unspecified atom stereocenters. The maximum absolute atomic E-state index is 4.67. The van der Waals surface area contributed by atoms with Crippen molar-refractivity contribution in [3.8, 4) is 0 Å². The summed E-state index contributed by atoms with van der Waals surface area (Å²) < 4.78 is 9.34. The first-order valence-electron chi connectivity index (χ1n) is 8.26. The Morgan fingerprint density at radius 2 is 1.14 bits per heavy atom. The van der Waals surface area contributed by atoms with Crippen LogP contribution in [0.5, 0.6) is 0 Å². The number of hydrogen-bond donors (Lipinski definition) is 0. The molecule has 5 heteroatoms. The Morgan fingerprint density at radius 1 is 0.864 bits per heavy atom. The van der Waals surface area contributed by atoms with Gasteiger partial charge in [-0.3, -0.25) is 0 Å². The predicted molar refractivity (Wildman–Crippen MR) is 97.8 cm³/mol. The van der Waals surface area contributed by atoms with E-state index in [2.05, 4.69) is 73.0 Å². The molecule has 134 valence electrons. The van der Waals surface area contributed by atoms with Crippen molar-refractivity contribution in [1.82, 2.24) is 0 Å². The van der Waals surface area contributed by atoms with Crippen molar-refractivity contribution >= 4 is 0 Å². The van der Waals surface area contributed by atoms with Crippen LogP contribution in [0.25, 0.3) is 10.6 Å². The minimum absolute atomic E-state index is 0.148. The molecule has 0 atom stereocenters. The van der Waals surface area contributed by atoms with Gasteiger partial charge < -0.3 is 10.6 Å². The third-order valence-corrected chi connectivity index (χ3v) is 5.97. The summed E-state index contributed by atoms with van der Waals surface area (Å²) in [5.74, 6) is 0. The van der Waals surface area contributed by atoms with E-state index < -0.39 is 18.2 Å². The molecule has 0 aliphatic heterocycles. The number of rotatable bonds is 6. The number of nitrogens with zero attached hydrogens (tertiary/aromatic N) is 4. The molecule has 0 rings (SSSR count). The van der Waals surface area contributed by atoms with Gasteiger partial charge in [0, 0.05) is 0 Å². The summed E-state index contributed by atoms with van der Waals surface area (Å²) in [6, 6.07) is 0.509. The van der Waals surface area contributed by atoms with Crippen LogP contribution in [-0.4, -0.2) is 37.8 Å². The second-order valence-corrected chi connectivity index (χ2v) is 7.88. The molecule has 0 spiro atoms. The fourth-order valence-corrected chi connectivity index (χ4v) is 2.19. The van der Waals surface area contributed by atoms with Gasteiger partial charge in [0.2, 0.25) is 0 Å². The molecule has 0 bridgehead atoms. The Morgan fingerprint density at radius 3 is 1.27 bits per heavy atom. The van der Waals surface area contributed by atoms with Crippen LogP contribution in [0, 0.1) is 0 Å². The maximum atomic E-state index is 4.67. The van der Waals surface area contributed by atoms with Gasteiger partial charge in [0.05, 0.1) is 0 Å². The molecule has 0 heterocycles. The molecule has 0 amide bonds. The second-order valence-electron chi connectivity index (χ2n) is 6.58. The molecule has 0 aromatic carbocycles. The summed E-state index contributed by atoms with van der Waals surface area (Å²) in [5, 5.41) is 7.62. The van der Waals surface area contributed by atoms with E-state index in [0.29, 0.717) is 6.04 Å². The van der Waals surface area contributed by atoms with E-state index in [1.54, 1.807) is 7.05 Å². The summed E-state index contributed by atoms with van der Waals surface area (Å²) >= 11 is -0.492. The zero-order valence-corrected chi connectivity index (χ0v) is 18.9. The smallest absolute Gasteiger partial charge is 0.0818 e. The van der Waals surface area contributed by atoms with E-state index in [-0.39, 0.29) is 11.1 Å². The topological polar surface area (TPSA) is 52.9 Å². The minimum atomic E-state index is -0.492. The molecular formula is C17H40MoN4. The van der Waals surface area contributed by atoms with Crippen LogP contribution in [0.1, 0.15) is 75.2 Å². The third kappa shape index (κ3) is 25.2. The van der Waals surface area contributed by atoms with Crippen LogP contribution in [0.2, 0.25) is 0 Å². The summed E-state index contributed by atoms with van der Waals surface area (Å²) in [5.41, 5.74) is 0.297. The standard InChI is InChI=1S/2C5H11N.C4H10N.C3H8N.Mo/c2*1-4-5(2,3)6;1-4(2)5-3;1-3-4-2;/h2*4H2,1-3H3;4H,1-3H3;3H2,1-2H3;/q;;2*-1;+2. The summed E-state index contributed by atoms with van der Waals surface area (Å²) in [7, 11) is 3.63. The average Bonchev–Trinajstić information content (AvgIpc) is 2.47. The summed E-state index contributed by atoms with van der Waals surface area (Å²) in [6.07, 6.45) is 2.22. The largest absolute Gasteiger partial charge is 0.665 e. The molecule has 0 aliphatic carbocycles. The summed E-state index contributed by atoms with van der Waals surface area (Å²) in [6.45, 7) is 20.2. The number of hydrogen-bond acceptors (Lipinski definition) is 2. The summed E-state index contributed by atoms with van der Waals surface area (Å²) in [4.78, 5) is 0. The molecule has 0 saturated heterocycles. The van der Waals surface area contributed by atoms with E-state index in [0.717, 1.165) is 19.4 Å². The van der Waals surface area contributed by atoms with Gasteiger partial charge in [-0.1, -0.05) is 20.8 Å². The van der Waals surface area contributed by atoms with Crippen LogP contribution < -0.4 is 0 Å².